The van der Waals surface area contributed by atoms with Gasteiger partial charge in [-0.25, -0.2) is 4.68 Å². The van der Waals surface area contributed by atoms with Crippen LogP contribution < -0.4 is 10.9 Å². The van der Waals surface area contributed by atoms with Crippen LogP contribution in [0.4, 0.5) is 0 Å². The molecular weight excluding hydrogens is 306 g/mol. The summed E-state index contributed by atoms with van der Waals surface area (Å²) >= 11 is 0. The largest absolute Gasteiger partial charge is 0.376 e. The molecule has 0 bridgehead atoms. The predicted molar refractivity (Wildman–Crippen MR) is 90.7 cm³/mol. The normalized spacial score (nSPS) is 17.0. The number of rotatable bonds is 5. The fourth-order valence-corrected chi connectivity index (χ4v) is 2.79. The van der Waals surface area contributed by atoms with Crippen LogP contribution in [0.2, 0.25) is 0 Å². The van der Waals surface area contributed by atoms with E-state index in [1.54, 1.807) is 6.07 Å². The number of nitrogens with zero attached hydrogens (tertiary/aromatic N) is 2. The van der Waals surface area contributed by atoms with E-state index in [1.807, 2.05) is 31.2 Å². The fraction of sp³-hybridized carbons (Fsp3) is 0.389. The summed E-state index contributed by atoms with van der Waals surface area (Å²) in [5, 5.41) is 7.14. The molecule has 1 aromatic heterocycles. The van der Waals surface area contributed by atoms with Crippen LogP contribution in [0.15, 0.2) is 41.2 Å². The van der Waals surface area contributed by atoms with E-state index >= 15 is 0 Å². The summed E-state index contributed by atoms with van der Waals surface area (Å²) in [5.74, 6) is -0.234. The number of carbonyl (C=O) groups excluding carboxylic acids is 1. The maximum atomic E-state index is 12.1. The van der Waals surface area contributed by atoms with E-state index in [1.165, 1.54) is 10.7 Å². The first-order valence-corrected chi connectivity index (χ1v) is 8.16. The number of aromatic nitrogens is 2. The average molecular weight is 327 g/mol. The van der Waals surface area contributed by atoms with E-state index < -0.39 is 0 Å². The van der Waals surface area contributed by atoms with Crippen molar-refractivity contribution in [1.82, 2.24) is 15.1 Å². The summed E-state index contributed by atoms with van der Waals surface area (Å²) in [5.41, 5.74) is 2.41. The van der Waals surface area contributed by atoms with Crippen LogP contribution in [0, 0.1) is 6.92 Å². The smallest absolute Gasteiger partial charge is 0.267 e. The van der Waals surface area contributed by atoms with Gasteiger partial charge in [0.15, 0.2) is 0 Å². The lowest BCUT2D eigenvalue weighted by molar-refractivity contribution is -0.122. The van der Waals surface area contributed by atoms with Crippen LogP contribution in [-0.2, 0) is 16.1 Å². The molecule has 2 aromatic rings. The SMILES string of the molecule is Cc1ccccc1-c1ccc(=O)n(CC(=O)NC[C@H]2CCCO2)n1. The lowest BCUT2D eigenvalue weighted by Gasteiger charge is -2.12. The number of hydrogen-bond acceptors (Lipinski definition) is 4. The molecule has 0 aliphatic carbocycles. The second-order valence-electron chi connectivity index (χ2n) is 5.97. The summed E-state index contributed by atoms with van der Waals surface area (Å²) in [6.07, 6.45) is 2.07. The van der Waals surface area contributed by atoms with E-state index in [9.17, 15) is 9.59 Å². The van der Waals surface area contributed by atoms with Gasteiger partial charge in [-0.2, -0.15) is 5.10 Å². The van der Waals surface area contributed by atoms with E-state index in [0.29, 0.717) is 12.2 Å². The molecule has 2 heterocycles. The average Bonchev–Trinajstić information content (AvgIpc) is 3.09. The molecule has 6 heteroatoms. The second kappa shape index (κ2) is 7.40. The minimum Gasteiger partial charge on any atom is -0.376 e. The first-order valence-electron chi connectivity index (χ1n) is 8.16. The molecule has 24 heavy (non-hydrogen) atoms. The Morgan fingerprint density at radius 2 is 2.17 bits per heavy atom. The Bertz CT molecular complexity index is 779. The molecule has 1 fully saturated rings. The highest BCUT2D eigenvalue weighted by Crippen LogP contribution is 2.19. The standard InChI is InChI=1S/C18H21N3O3/c1-13-5-2-3-7-15(13)16-8-9-18(23)21(20-16)12-17(22)19-11-14-6-4-10-24-14/h2-3,5,7-9,14H,4,6,10-12H2,1H3,(H,19,22)/t14-/m1/s1. The lowest BCUT2D eigenvalue weighted by atomic mass is 10.1. The third-order valence-electron chi connectivity index (χ3n) is 4.13. The Morgan fingerprint density at radius 1 is 1.33 bits per heavy atom. The number of carbonyl (C=O) groups is 1. The first-order chi connectivity index (χ1) is 11.6. The summed E-state index contributed by atoms with van der Waals surface area (Å²) < 4.78 is 6.67. The molecular formula is C18H21N3O3. The van der Waals surface area contributed by atoms with Crippen LogP contribution in [0.25, 0.3) is 11.3 Å². The maximum absolute atomic E-state index is 12.1. The molecule has 1 aliphatic rings. The maximum Gasteiger partial charge on any atom is 0.267 e. The topological polar surface area (TPSA) is 73.2 Å². The van der Waals surface area contributed by atoms with Crippen molar-refractivity contribution in [2.45, 2.75) is 32.4 Å². The third-order valence-corrected chi connectivity index (χ3v) is 4.13. The van der Waals surface area contributed by atoms with Crippen molar-refractivity contribution in [3.63, 3.8) is 0 Å². The number of aryl methyl sites for hydroxylation is 1. The molecule has 1 N–H and O–H groups in total. The van der Waals surface area contributed by atoms with Gasteiger partial charge in [0.1, 0.15) is 6.54 Å². The fourth-order valence-electron chi connectivity index (χ4n) is 2.79. The Hall–Kier alpha value is -2.47. The highest BCUT2D eigenvalue weighted by atomic mass is 16.5. The van der Waals surface area contributed by atoms with Gasteiger partial charge in [-0.15, -0.1) is 0 Å². The second-order valence-corrected chi connectivity index (χ2v) is 5.97. The molecule has 0 unspecified atom stereocenters. The van der Waals surface area contributed by atoms with Gasteiger partial charge < -0.3 is 10.1 Å². The minimum absolute atomic E-state index is 0.0805. The third kappa shape index (κ3) is 3.89. The molecule has 0 saturated carbocycles. The summed E-state index contributed by atoms with van der Waals surface area (Å²) in [6.45, 7) is 3.12. The van der Waals surface area contributed by atoms with Crippen molar-refractivity contribution in [2.24, 2.45) is 0 Å². The van der Waals surface area contributed by atoms with Gasteiger partial charge in [-0.3, -0.25) is 9.59 Å². The highest BCUT2D eigenvalue weighted by molar-refractivity contribution is 5.75. The monoisotopic (exact) mass is 327 g/mol. The molecule has 1 aliphatic heterocycles. The zero-order chi connectivity index (χ0) is 16.9. The van der Waals surface area contributed by atoms with Gasteiger partial charge >= 0.3 is 0 Å². The van der Waals surface area contributed by atoms with Gasteiger partial charge in [0.05, 0.1) is 11.8 Å². The van der Waals surface area contributed by atoms with Crippen LogP contribution in [0.3, 0.4) is 0 Å². The Labute approximate surface area is 140 Å². The zero-order valence-electron chi connectivity index (χ0n) is 13.7. The minimum atomic E-state index is -0.292. The van der Waals surface area contributed by atoms with E-state index in [0.717, 1.165) is 30.6 Å². The zero-order valence-corrected chi connectivity index (χ0v) is 13.7. The lowest BCUT2D eigenvalue weighted by Crippen LogP contribution is -2.37. The van der Waals surface area contributed by atoms with Crippen molar-refractivity contribution in [2.75, 3.05) is 13.2 Å². The number of hydrogen-bond donors (Lipinski definition) is 1. The Kier molecular flexibility index (Phi) is 5.05. The molecule has 1 amide bonds. The van der Waals surface area contributed by atoms with Gasteiger partial charge in [0.2, 0.25) is 5.91 Å². The number of benzene rings is 1. The summed E-state index contributed by atoms with van der Waals surface area (Å²) in [4.78, 5) is 24.0. The van der Waals surface area contributed by atoms with Crippen LogP contribution in [0.5, 0.6) is 0 Å². The first kappa shape index (κ1) is 16.4. The predicted octanol–water partition coefficient (Wildman–Crippen LogP) is 1.51. The van der Waals surface area contributed by atoms with Crippen molar-refractivity contribution in [1.29, 1.82) is 0 Å². The van der Waals surface area contributed by atoms with E-state index in [-0.39, 0.29) is 24.1 Å². The molecule has 0 radical (unpaired) electrons. The van der Waals surface area contributed by atoms with E-state index in [4.69, 9.17) is 4.74 Å². The van der Waals surface area contributed by atoms with Gasteiger partial charge in [-0.1, -0.05) is 24.3 Å². The van der Waals surface area contributed by atoms with Gasteiger partial charge in [-0.05, 0) is 31.4 Å². The van der Waals surface area contributed by atoms with Crippen LogP contribution >= 0.6 is 0 Å². The molecule has 1 saturated heterocycles. The van der Waals surface area contributed by atoms with Crippen LogP contribution in [-0.4, -0.2) is 34.9 Å². The van der Waals surface area contributed by atoms with Crippen molar-refractivity contribution >= 4 is 5.91 Å². The molecule has 3 rings (SSSR count). The Balaban J connectivity index is 1.71. The molecule has 6 nitrogen and oxygen atoms in total. The molecule has 0 spiro atoms. The van der Waals surface area contributed by atoms with E-state index in [2.05, 4.69) is 10.4 Å². The number of amides is 1. The molecule has 1 atom stereocenters. The summed E-state index contributed by atoms with van der Waals surface area (Å²) in [6, 6.07) is 10.9. The van der Waals surface area contributed by atoms with Gasteiger partial charge in [0, 0.05) is 24.8 Å². The number of ether oxygens (including phenoxy) is 1. The van der Waals surface area contributed by atoms with Crippen LogP contribution in [0.1, 0.15) is 18.4 Å². The molecule has 126 valence electrons. The number of nitrogens with one attached hydrogen (secondary N) is 1. The van der Waals surface area contributed by atoms with Gasteiger partial charge in [0.25, 0.3) is 5.56 Å². The molecule has 1 aromatic carbocycles. The van der Waals surface area contributed by atoms with Crippen molar-refractivity contribution < 1.29 is 9.53 Å². The van der Waals surface area contributed by atoms with Crippen molar-refractivity contribution in [3.8, 4) is 11.3 Å². The quantitative estimate of drug-likeness (QED) is 0.903. The highest BCUT2D eigenvalue weighted by Gasteiger charge is 2.16. The van der Waals surface area contributed by atoms with Crippen molar-refractivity contribution in [3.05, 3.63) is 52.3 Å². The summed E-state index contributed by atoms with van der Waals surface area (Å²) in [7, 11) is 0. The Morgan fingerprint density at radius 3 is 2.92 bits per heavy atom.